The Kier molecular flexibility index (Phi) is 6.04. The first-order chi connectivity index (χ1) is 14.1. The van der Waals surface area contributed by atoms with Crippen molar-refractivity contribution in [2.45, 2.75) is 63.7 Å². The van der Waals surface area contributed by atoms with E-state index >= 15 is 0 Å². The topological polar surface area (TPSA) is 20.2 Å². The van der Waals surface area contributed by atoms with Gasteiger partial charge in [0.1, 0.15) is 5.75 Å². The molecule has 0 aliphatic heterocycles. The molecule has 0 heterocycles. The fourth-order valence-corrected chi connectivity index (χ4v) is 4.97. The second kappa shape index (κ2) is 8.86. The van der Waals surface area contributed by atoms with Gasteiger partial charge in [-0.15, -0.1) is 0 Å². The van der Waals surface area contributed by atoms with Crippen LogP contribution < -0.4 is 0 Å². The Morgan fingerprint density at radius 3 is 1.76 bits per heavy atom. The Hall–Kier alpha value is -2.54. The largest absolute Gasteiger partial charge is 0.508 e. The Labute approximate surface area is 175 Å². The highest BCUT2D eigenvalue weighted by atomic mass is 16.3. The van der Waals surface area contributed by atoms with Crippen molar-refractivity contribution in [3.8, 4) is 5.75 Å². The minimum absolute atomic E-state index is 0.165. The van der Waals surface area contributed by atoms with E-state index in [1.54, 1.807) is 0 Å². The van der Waals surface area contributed by atoms with Crippen molar-refractivity contribution in [2.75, 3.05) is 0 Å². The molecule has 29 heavy (non-hydrogen) atoms. The monoisotopic (exact) mass is 384 g/mol. The number of phenols is 1. The normalized spacial score (nSPS) is 17.0. The van der Waals surface area contributed by atoms with E-state index in [9.17, 15) is 5.11 Å². The maximum atomic E-state index is 11.0. The summed E-state index contributed by atoms with van der Waals surface area (Å²) in [6, 6.07) is 25.7. The van der Waals surface area contributed by atoms with Crippen molar-refractivity contribution < 1.29 is 5.11 Å². The predicted molar refractivity (Wildman–Crippen MR) is 122 cm³/mol. The summed E-state index contributed by atoms with van der Waals surface area (Å²) in [6.45, 7) is 4.51. The first-order valence-electron chi connectivity index (χ1n) is 11.1. The molecule has 3 aromatic rings. The van der Waals surface area contributed by atoms with Crippen molar-refractivity contribution in [1.29, 1.82) is 0 Å². The molecule has 150 valence electrons. The van der Waals surface area contributed by atoms with Crippen molar-refractivity contribution in [2.24, 2.45) is 0 Å². The van der Waals surface area contributed by atoms with Gasteiger partial charge in [-0.1, -0.05) is 99.8 Å². The number of rotatable bonds is 5. The van der Waals surface area contributed by atoms with Gasteiger partial charge in [0.05, 0.1) is 0 Å². The number of hydrogen-bond acceptors (Lipinski definition) is 1. The molecule has 1 aliphatic rings. The van der Waals surface area contributed by atoms with Crippen molar-refractivity contribution in [1.82, 2.24) is 0 Å². The van der Waals surface area contributed by atoms with Gasteiger partial charge in [0.25, 0.3) is 0 Å². The van der Waals surface area contributed by atoms with Crippen LogP contribution in [0.15, 0.2) is 72.8 Å². The average molecular weight is 385 g/mol. The summed E-state index contributed by atoms with van der Waals surface area (Å²) in [7, 11) is 0. The summed E-state index contributed by atoms with van der Waals surface area (Å²) in [5.74, 6) is 1.50. The van der Waals surface area contributed by atoms with Crippen LogP contribution in [0.4, 0.5) is 0 Å². The zero-order chi connectivity index (χ0) is 20.2. The minimum atomic E-state index is 0.165. The third kappa shape index (κ3) is 4.24. The second-order valence-electron chi connectivity index (χ2n) is 8.64. The first kappa shape index (κ1) is 19.8. The van der Waals surface area contributed by atoms with Crippen molar-refractivity contribution >= 4 is 0 Å². The fraction of sp³-hybridized carbons (Fsp3) is 0.357. The molecule has 4 rings (SSSR count). The summed E-state index contributed by atoms with van der Waals surface area (Å²) in [6.07, 6.45) is 6.41. The molecule has 1 nitrogen and oxygen atoms in total. The number of phenolic OH excluding ortho intramolecular Hbond substituents is 1. The van der Waals surface area contributed by atoms with Crippen molar-refractivity contribution in [3.05, 3.63) is 101 Å². The molecule has 0 radical (unpaired) electrons. The van der Waals surface area contributed by atoms with Crippen LogP contribution in [-0.4, -0.2) is 5.11 Å². The average Bonchev–Trinajstić information content (AvgIpc) is 2.80. The highest BCUT2D eigenvalue weighted by Gasteiger charge is 2.25. The summed E-state index contributed by atoms with van der Waals surface area (Å²) in [5, 5.41) is 11.0. The van der Waals surface area contributed by atoms with Crippen LogP contribution in [0.2, 0.25) is 0 Å². The maximum absolute atomic E-state index is 11.0. The lowest BCUT2D eigenvalue weighted by Crippen LogP contribution is -2.11. The minimum Gasteiger partial charge on any atom is -0.508 e. The molecule has 1 heteroatoms. The van der Waals surface area contributed by atoms with E-state index in [1.165, 1.54) is 54.4 Å². The van der Waals surface area contributed by atoms with Crippen LogP contribution in [0.1, 0.15) is 91.5 Å². The summed E-state index contributed by atoms with van der Waals surface area (Å²) in [4.78, 5) is 0. The Morgan fingerprint density at radius 1 is 0.690 bits per heavy atom. The molecule has 0 amide bonds. The van der Waals surface area contributed by atoms with Gasteiger partial charge in [-0.3, -0.25) is 0 Å². The van der Waals surface area contributed by atoms with Gasteiger partial charge in [-0.05, 0) is 47.1 Å². The standard InChI is InChI=1S/C28H32O/c1-20(22-12-6-3-7-13-22)25-18-26(21(2)23-14-8-4-9-15-23)28(29)19-27(25)24-16-10-5-11-17-24/h3-4,6-9,12-15,18-21,24,29H,5,10-11,16-17H2,1-2H3. The van der Waals surface area contributed by atoms with Gasteiger partial charge in [-0.25, -0.2) is 0 Å². The van der Waals surface area contributed by atoms with E-state index in [0.717, 1.165) is 5.56 Å². The molecule has 0 aromatic heterocycles. The van der Waals surface area contributed by atoms with Crippen LogP contribution in [0, 0.1) is 0 Å². The van der Waals surface area contributed by atoms with Crippen molar-refractivity contribution in [3.63, 3.8) is 0 Å². The van der Waals surface area contributed by atoms with Crippen LogP contribution in [-0.2, 0) is 0 Å². The molecular weight excluding hydrogens is 352 g/mol. The van der Waals surface area contributed by atoms with Gasteiger partial charge < -0.3 is 5.11 Å². The highest BCUT2D eigenvalue weighted by molar-refractivity contribution is 5.51. The summed E-state index contributed by atoms with van der Waals surface area (Å²) >= 11 is 0. The van der Waals surface area contributed by atoms with Gasteiger partial charge in [0, 0.05) is 17.4 Å². The SMILES string of the molecule is CC(c1ccccc1)c1cc(C(C)c2ccccc2)c(C2CCCCC2)cc1O. The molecule has 2 unspecified atom stereocenters. The highest BCUT2D eigenvalue weighted by Crippen LogP contribution is 2.43. The number of hydrogen-bond donors (Lipinski definition) is 1. The van der Waals surface area contributed by atoms with Gasteiger partial charge >= 0.3 is 0 Å². The zero-order valence-corrected chi connectivity index (χ0v) is 17.6. The Balaban J connectivity index is 1.80. The molecule has 0 bridgehead atoms. The summed E-state index contributed by atoms with van der Waals surface area (Å²) in [5.41, 5.74) is 6.37. The quantitative estimate of drug-likeness (QED) is 0.477. The molecule has 0 spiro atoms. The zero-order valence-electron chi connectivity index (χ0n) is 17.6. The number of aromatic hydroxyl groups is 1. The molecule has 1 fully saturated rings. The van der Waals surface area contributed by atoms with E-state index in [2.05, 4.69) is 80.6 Å². The maximum Gasteiger partial charge on any atom is 0.119 e. The third-order valence-corrected chi connectivity index (χ3v) is 6.81. The molecule has 1 aliphatic carbocycles. The van der Waals surface area contributed by atoms with Gasteiger partial charge in [-0.2, -0.15) is 0 Å². The van der Waals surface area contributed by atoms with Crippen LogP contribution >= 0.6 is 0 Å². The van der Waals surface area contributed by atoms with Crippen LogP contribution in [0.3, 0.4) is 0 Å². The van der Waals surface area contributed by atoms with E-state index in [4.69, 9.17) is 0 Å². The van der Waals surface area contributed by atoms with Crippen LogP contribution in [0.5, 0.6) is 5.75 Å². The Morgan fingerprint density at radius 2 is 1.21 bits per heavy atom. The molecule has 1 N–H and O–H groups in total. The molecule has 2 atom stereocenters. The molecule has 1 saturated carbocycles. The third-order valence-electron chi connectivity index (χ3n) is 6.81. The molecule has 0 saturated heterocycles. The van der Waals surface area contributed by atoms with E-state index in [-0.39, 0.29) is 5.92 Å². The Bertz CT molecular complexity index is 923. The van der Waals surface area contributed by atoms with Crippen LogP contribution in [0.25, 0.3) is 0 Å². The molecule has 3 aromatic carbocycles. The first-order valence-corrected chi connectivity index (χ1v) is 11.1. The fourth-order valence-electron chi connectivity index (χ4n) is 4.97. The lowest BCUT2D eigenvalue weighted by atomic mass is 9.76. The second-order valence-corrected chi connectivity index (χ2v) is 8.64. The predicted octanol–water partition coefficient (Wildman–Crippen LogP) is 7.74. The van der Waals surface area contributed by atoms with Gasteiger partial charge in [0.15, 0.2) is 0 Å². The summed E-state index contributed by atoms with van der Waals surface area (Å²) < 4.78 is 0. The molecular formula is C28H32O. The lowest BCUT2D eigenvalue weighted by Gasteiger charge is -2.28. The van der Waals surface area contributed by atoms with E-state index < -0.39 is 0 Å². The lowest BCUT2D eigenvalue weighted by molar-refractivity contribution is 0.433. The smallest absolute Gasteiger partial charge is 0.119 e. The van der Waals surface area contributed by atoms with Gasteiger partial charge in [0.2, 0.25) is 0 Å². The van der Waals surface area contributed by atoms with E-state index in [1.807, 2.05) is 6.07 Å². The number of benzene rings is 3. The van der Waals surface area contributed by atoms with E-state index in [0.29, 0.717) is 17.6 Å².